The molecule has 0 bridgehead atoms. The predicted molar refractivity (Wildman–Crippen MR) is 198 cm³/mol. The minimum Gasteiger partial charge on any atom is -0.358 e. The Hall–Kier alpha value is -2.35. The molecule has 0 N–H and O–H groups in total. The zero-order valence-electron chi connectivity index (χ0n) is 28.5. The molecule has 1 radical (unpaired) electrons. The van der Waals surface area contributed by atoms with Gasteiger partial charge in [-0.05, 0) is 54.0 Å². The quantitative estimate of drug-likeness (QED) is 0.105. The van der Waals surface area contributed by atoms with E-state index in [0.717, 1.165) is 50.9 Å². The largest absolute Gasteiger partial charge is 0.358 e. The number of aliphatic imine (C=N–C) groups is 1. The van der Waals surface area contributed by atoms with Crippen LogP contribution in [0.3, 0.4) is 0 Å². The van der Waals surface area contributed by atoms with Gasteiger partial charge in [0.25, 0.3) is 0 Å². The van der Waals surface area contributed by atoms with E-state index in [1.54, 1.807) is 0 Å². The first-order valence-electron chi connectivity index (χ1n) is 15.9. The Balaban J connectivity index is 0.00000235. The molecule has 1 atom stereocenters. The van der Waals surface area contributed by atoms with Crippen molar-refractivity contribution in [1.29, 1.82) is 0 Å². The maximum absolute atomic E-state index is 7.75. The van der Waals surface area contributed by atoms with Gasteiger partial charge in [-0.2, -0.15) is 0 Å². The van der Waals surface area contributed by atoms with E-state index in [2.05, 4.69) is 143 Å². The summed E-state index contributed by atoms with van der Waals surface area (Å²) in [6.07, 6.45) is 6.39. The summed E-state index contributed by atoms with van der Waals surface area (Å²) in [4.78, 5) is 8.22. The molecule has 0 amide bonds. The molecule has 1 aliphatic rings. The van der Waals surface area contributed by atoms with Crippen molar-refractivity contribution in [3.63, 3.8) is 0 Å². The molecule has 1 aliphatic heterocycles. The van der Waals surface area contributed by atoms with Crippen molar-refractivity contribution in [2.75, 3.05) is 11.4 Å². The fraction of sp³-hybridized carbons (Fsp3) is 0.375. The van der Waals surface area contributed by atoms with E-state index in [9.17, 15) is 0 Å². The van der Waals surface area contributed by atoms with Crippen LogP contribution in [0.15, 0.2) is 108 Å². The van der Waals surface area contributed by atoms with Crippen LogP contribution in [0.5, 0.6) is 0 Å². The molecule has 0 aliphatic carbocycles. The van der Waals surface area contributed by atoms with Crippen molar-refractivity contribution in [1.82, 2.24) is 0 Å². The SMILES string of the molecule is CCCCC(CCCC)(O[PH+](c1ccccc1)c1ccccc1)C1=N[C@@H](C(C)(C)C)CN1c1cccc2ccccc12.[CH3-].[CH3-].[Ir]. The summed E-state index contributed by atoms with van der Waals surface area (Å²) < 4.78 is 7.75. The van der Waals surface area contributed by atoms with Crippen molar-refractivity contribution in [3.8, 4) is 0 Å². The van der Waals surface area contributed by atoms with Crippen LogP contribution in [-0.2, 0) is 24.6 Å². The van der Waals surface area contributed by atoms with Gasteiger partial charge in [0.15, 0.2) is 13.7 Å². The number of fused-ring (bicyclic) bond motifs is 1. The van der Waals surface area contributed by atoms with Crippen LogP contribution in [0.1, 0.15) is 73.1 Å². The van der Waals surface area contributed by atoms with Crippen molar-refractivity contribution in [2.24, 2.45) is 10.4 Å². The number of nitrogens with zero attached hydrogens (tertiary/aromatic N) is 2. The van der Waals surface area contributed by atoms with Crippen molar-refractivity contribution in [2.45, 2.75) is 84.8 Å². The van der Waals surface area contributed by atoms with Crippen LogP contribution >= 0.6 is 8.15 Å². The minimum atomic E-state index is -1.56. The normalized spacial score (nSPS) is 14.8. The maximum atomic E-state index is 7.75. The summed E-state index contributed by atoms with van der Waals surface area (Å²) in [5.74, 6) is 1.13. The number of hydrogen-bond acceptors (Lipinski definition) is 3. The van der Waals surface area contributed by atoms with E-state index < -0.39 is 13.7 Å². The zero-order chi connectivity index (χ0) is 29.6. The van der Waals surface area contributed by atoms with Gasteiger partial charge in [-0.1, -0.05) is 133 Å². The van der Waals surface area contributed by atoms with Crippen LogP contribution in [0.4, 0.5) is 5.69 Å². The second-order valence-corrected chi connectivity index (χ2v) is 14.8. The fourth-order valence-electron chi connectivity index (χ4n) is 6.08. The second-order valence-electron chi connectivity index (χ2n) is 12.8. The number of anilines is 1. The molecule has 0 saturated carbocycles. The van der Waals surface area contributed by atoms with E-state index >= 15 is 0 Å². The Morgan fingerprint density at radius 1 is 0.733 bits per heavy atom. The molecular weight excluding hydrogens is 748 g/mol. The van der Waals surface area contributed by atoms with Crippen molar-refractivity contribution >= 4 is 41.1 Å². The summed E-state index contributed by atoms with van der Waals surface area (Å²) in [7, 11) is -1.56. The Labute approximate surface area is 289 Å². The Morgan fingerprint density at radius 2 is 1.24 bits per heavy atom. The van der Waals surface area contributed by atoms with Gasteiger partial charge in [0, 0.05) is 32.0 Å². The molecule has 0 spiro atoms. The average molecular weight is 802 g/mol. The van der Waals surface area contributed by atoms with Crippen LogP contribution in [-0.4, -0.2) is 24.0 Å². The molecule has 1 heterocycles. The van der Waals surface area contributed by atoms with Crippen molar-refractivity contribution in [3.05, 3.63) is 118 Å². The Bertz CT molecular complexity index is 1420. The average Bonchev–Trinajstić information content (AvgIpc) is 3.48. The number of benzene rings is 4. The standard InChI is InChI=1S/C38H47N2OP.2CH3.Ir/c1-6-8-27-38(28-9-7-2,41-42(31-21-12-10-13-22-31)32-23-14-11-15-24-32)36-39-35(37(3,4)5)29-40(36)34-26-18-20-30-19-16-17-25-33(30)34;;;/h10-26,35H,6-9,27-29H2,1-5H3;2*1H3;/q;2*-1;/p+1/t35-;;;/m1.../s1. The molecular formula is C40H54IrN2OP-. The van der Waals surface area contributed by atoms with Crippen LogP contribution in [0, 0.1) is 20.3 Å². The first kappa shape index (κ1) is 38.8. The molecule has 245 valence electrons. The number of amidine groups is 1. The van der Waals surface area contributed by atoms with Crippen LogP contribution in [0.2, 0.25) is 0 Å². The summed E-state index contributed by atoms with van der Waals surface area (Å²) in [6, 6.07) is 37.5. The molecule has 5 rings (SSSR count). The van der Waals surface area contributed by atoms with Gasteiger partial charge in [0.2, 0.25) is 0 Å². The third-order valence-corrected chi connectivity index (χ3v) is 10.9. The van der Waals surface area contributed by atoms with Crippen LogP contribution < -0.4 is 15.5 Å². The van der Waals surface area contributed by atoms with Gasteiger partial charge in [-0.25, -0.2) is 4.52 Å². The zero-order valence-corrected chi connectivity index (χ0v) is 31.9. The number of rotatable bonds is 12. The molecule has 5 heteroatoms. The summed E-state index contributed by atoms with van der Waals surface area (Å²) in [5.41, 5.74) is 0.800. The third kappa shape index (κ3) is 8.93. The molecule has 0 aromatic heterocycles. The smallest absolute Gasteiger partial charge is 0.199 e. The first-order chi connectivity index (χ1) is 20.4. The van der Waals surface area contributed by atoms with E-state index in [0.29, 0.717) is 0 Å². The van der Waals surface area contributed by atoms with Gasteiger partial charge in [-0.3, -0.25) is 4.99 Å². The van der Waals surface area contributed by atoms with E-state index in [1.165, 1.54) is 27.1 Å². The number of hydrogen-bond donors (Lipinski definition) is 0. The molecule has 4 aromatic rings. The minimum absolute atomic E-state index is 0. The summed E-state index contributed by atoms with van der Waals surface area (Å²) in [6.45, 7) is 12.4. The predicted octanol–water partition coefficient (Wildman–Crippen LogP) is 10.3. The van der Waals surface area contributed by atoms with Crippen molar-refractivity contribution < 1.29 is 24.6 Å². The van der Waals surface area contributed by atoms with E-state index in [-0.39, 0.29) is 46.4 Å². The molecule has 0 fully saturated rings. The third-order valence-electron chi connectivity index (χ3n) is 8.59. The van der Waals surface area contributed by atoms with Gasteiger partial charge < -0.3 is 19.8 Å². The van der Waals surface area contributed by atoms with E-state index in [4.69, 9.17) is 9.52 Å². The molecule has 45 heavy (non-hydrogen) atoms. The first-order valence-corrected chi connectivity index (χ1v) is 17.3. The Kier molecular flexibility index (Phi) is 15.1. The van der Waals surface area contributed by atoms with E-state index in [1.807, 2.05) is 0 Å². The van der Waals surface area contributed by atoms with Gasteiger partial charge in [-0.15, -0.1) is 0 Å². The molecule has 0 saturated heterocycles. The van der Waals surface area contributed by atoms with Gasteiger partial charge >= 0.3 is 0 Å². The summed E-state index contributed by atoms with van der Waals surface area (Å²) >= 11 is 0. The molecule has 0 unspecified atom stereocenters. The Morgan fingerprint density at radius 3 is 1.78 bits per heavy atom. The van der Waals surface area contributed by atoms with Gasteiger partial charge in [0.05, 0.1) is 11.7 Å². The van der Waals surface area contributed by atoms with Gasteiger partial charge in [0.1, 0.15) is 16.4 Å². The maximum Gasteiger partial charge on any atom is 0.199 e. The second kappa shape index (κ2) is 17.5. The topological polar surface area (TPSA) is 24.8 Å². The number of unbranched alkanes of at least 4 members (excludes halogenated alkanes) is 2. The fourth-order valence-corrected chi connectivity index (χ4v) is 8.33. The molecule has 4 aromatic carbocycles. The molecule has 3 nitrogen and oxygen atoms in total. The summed E-state index contributed by atoms with van der Waals surface area (Å²) in [5, 5.41) is 5.11. The monoisotopic (exact) mass is 802 g/mol. The van der Waals surface area contributed by atoms with Crippen LogP contribution in [0.25, 0.3) is 10.8 Å².